The van der Waals surface area contributed by atoms with E-state index in [4.69, 9.17) is 4.74 Å². The van der Waals surface area contributed by atoms with Crippen LogP contribution in [0.4, 0.5) is 36.7 Å². The molecule has 1 aromatic heterocycles. The first kappa shape index (κ1) is 23.9. The Morgan fingerprint density at radius 1 is 1.12 bits per heavy atom. The fourth-order valence-electron chi connectivity index (χ4n) is 2.78. The molecule has 0 saturated carbocycles. The van der Waals surface area contributed by atoms with E-state index in [1.54, 1.807) is 45.0 Å². The summed E-state index contributed by atoms with van der Waals surface area (Å²) in [5.41, 5.74) is -1.27. The Balaban J connectivity index is 2.00. The SMILES string of the molecule is COc1ccc(N(C(=O)Nc2c(F)cccc2F)c2ccnc(NC(C)C(C)(C)O)n2)cc1. The van der Waals surface area contributed by atoms with Crippen LogP contribution in [0.25, 0.3) is 0 Å². The van der Waals surface area contributed by atoms with Crippen molar-refractivity contribution in [3.63, 3.8) is 0 Å². The average Bonchev–Trinajstić information content (AvgIpc) is 2.77. The molecule has 3 rings (SSSR count). The molecule has 1 unspecified atom stereocenters. The van der Waals surface area contributed by atoms with E-state index >= 15 is 0 Å². The lowest BCUT2D eigenvalue weighted by molar-refractivity contribution is 0.0646. The summed E-state index contributed by atoms with van der Waals surface area (Å²) in [4.78, 5) is 22.8. The lowest BCUT2D eigenvalue weighted by Gasteiger charge is -2.27. The molecule has 33 heavy (non-hydrogen) atoms. The zero-order valence-corrected chi connectivity index (χ0v) is 18.6. The van der Waals surface area contributed by atoms with Crippen molar-refractivity contribution in [1.29, 1.82) is 0 Å². The van der Waals surface area contributed by atoms with Crippen molar-refractivity contribution in [3.8, 4) is 5.75 Å². The summed E-state index contributed by atoms with van der Waals surface area (Å²) in [6, 6.07) is 9.98. The molecule has 1 atom stereocenters. The van der Waals surface area contributed by atoms with Crippen molar-refractivity contribution in [2.24, 2.45) is 0 Å². The van der Waals surface area contributed by atoms with Crippen LogP contribution in [0.15, 0.2) is 54.7 Å². The van der Waals surface area contributed by atoms with E-state index in [2.05, 4.69) is 20.6 Å². The number of hydrogen-bond acceptors (Lipinski definition) is 6. The Labute approximate surface area is 190 Å². The molecule has 0 aliphatic carbocycles. The van der Waals surface area contributed by atoms with Crippen molar-refractivity contribution < 1.29 is 23.4 Å². The monoisotopic (exact) mass is 457 g/mol. The number of aliphatic hydroxyl groups is 1. The first-order valence-corrected chi connectivity index (χ1v) is 10.1. The molecule has 2 amide bonds. The number of hydrogen-bond donors (Lipinski definition) is 3. The van der Waals surface area contributed by atoms with E-state index in [1.165, 1.54) is 25.4 Å². The van der Waals surface area contributed by atoms with Gasteiger partial charge in [0.05, 0.1) is 24.4 Å². The molecule has 0 aliphatic rings. The van der Waals surface area contributed by atoms with Gasteiger partial charge in [-0.1, -0.05) is 6.07 Å². The quantitative estimate of drug-likeness (QED) is 0.475. The van der Waals surface area contributed by atoms with Crippen LogP contribution in [0, 0.1) is 11.6 Å². The van der Waals surface area contributed by atoms with Crippen LogP contribution >= 0.6 is 0 Å². The van der Waals surface area contributed by atoms with Crippen LogP contribution in [-0.4, -0.2) is 39.9 Å². The van der Waals surface area contributed by atoms with Crippen molar-refractivity contribution in [3.05, 3.63) is 66.4 Å². The maximum absolute atomic E-state index is 14.1. The van der Waals surface area contributed by atoms with E-state index < -0.39 is 35.0 Å². The summed E-state index contributed by atoms with van der Waals surface area (Å²) < 4.78 is 33.5. The average molecular weight is 457 g/mol. The van der Waals surface area contributed by atoms with Gasteiger partial charge in [0.2, 0.25) is 5.95 Å². The summed E-state index contributed by atoms with van der Waals surface area (Å²) in [6.07, 6.45) is 1.43. The van der Waals surface area contributed by atoms with Crippen LogP contribution in [-0.2, 0) is 0 Å². The van der Waals surface area contributed by atoms with E-state index in [0.29, 0.717) is 11.4 Å². The Morgan fingerprint density at radius 3 is 2.33 bits per heavy atom. The van der Waals surface area contributed by atoms with Gasteiger partial charge in [0.15, 0.2) is 0 Å². The highest BCUT2D eigenvalue weighted by molar-refractivity contribution is 6.06. The smallest absolute Gasteiger partial charge is 0.332 e. The molecule has 0 fully saturated rings. The van der Waals surface area contributed by atoms with Gasteiger partial charge in [-0.2, -0.15) is 4.98 Å². The number of rotatable bonds is 7. The molecule has 174 valence electrons. The molecule has 10 heteroatoms. The molecule has 0 spiro atoms. The van der Waals surface area contributed by atoms with Gasteiger partial charge in [0, 0.05) is 12.3 Å². The van der Waals surface area contributed by atoms with Gasteiger partial charge < -0.3 is 20.5 Å². The summed E-state index contributed by atoms with van der Waals surface area (Å²) in [6.45, 7) is 5.02. The predicted octanol–water partition coefficient (Wildman–Crippen LogP) is 4.70. The number of methoxy groups -OCH3 is 1. The third kappa shape index (κ3) is 5.72. The molecule has 8 nitrogen and oxygen atoms in total. The number of aromatic nitrogens is 2. The van der Waals surface area contributed by atoms with Gasteiger partial charge in [-0.15, -0.1) is 0 Å². The van der Waals surface area contributed by atoms with Crippen molar-refractivity contribution in [2.45, 2.75) is 32.4 Å². The number of para-hydroxylation sites is 1. The lowest BCUT2D eigenvalue weighted by atomic mass is 10.0. The summed E-state index contributed by atoms with van der Waals surface area (Å²) in [5, 5.41) is 15.4. The van der Waals surface area contributed by atoms with Crippen LogP contribution in [0.5, 0.6) is 5.75 Å². The molecule has 0 saturated heterocycles. The number of nitrogens with zero attached hydrogens (tertiary/aromatic N) is 3. The number of nitrogens with one attached hydrogen (secondary N) is 2. The van der Waals surface area contributed by atoms with Gasteiger partial charge in [-0.3, -0.25) is 0 Å². The minimum absolute atomic E-state index is 0.134. The molecule has 3 aromatic rings. The minimum Gasteiger partial charge on any atom is -0.497 e. The number of halogens is 2. The Kier molecular flexibility index (Phi) is 7.07. The summed E-state index contributed by atoms with van der Waals surface area (Å²) in [7, 11) is 1.51. The van der Waals surface area contributed by atoms with Gasteiger partial charge in [-0.05, 0) is 57.2 Å². The third-order valence-electron chi connectivity index (χ3n) is 5.00. The first-order valence-electron chi connectivity index (χ1n) is 10.1. The largest absolute Gasteiger partial charge is 0.497 e. The second-order valence-electron chi connectivity index (χ2n) is 7.82. The number of urea groups is 1. The normalized spacial score (nSPS) is 12.1. The third-order valence-corrected chi connectivity index (χ3v) is 5.00. The molecular formula is C23H25F2N5O3. The lowest BCUT2D eigenvalue weighted by Crippen LogP contribution is -2.40. The van der Waals surface area contributed by atoms with Crippen LogP contribution in [0.2, 0.25) is 0 Å². The van der Waals surface area contributed by atoms with Crippen LogP contribution < -0.4 is 20.3 Å². The molecule has 1 heterocycles. The van der Waals surface area contributed by atoms with Crippen molar-refractivity contribution in [1.82, 2.24) is 9.97 Å². The molecule has 2 aromatic carbocycles. The van der Waals surface area contributed by atoms with E-state index in [0.717, 1.165) is 17.0 Å². The highest BCUT2D eigenvalue weighted by Crippen LogP contribution is 2.28. The minimum atomic E-state index is -1.06. The highest BCUT2D eigenvalue weighted by Gasteiger charge is 2.25. The standard InChI is InChI=1S/C23H25F2N5O3/c1-14(23(2,3)32)27-21-26-13-12-19(28-21)30(15-8-10-16(33-4)11-9-15)22(31)29-20-17(24)6-5-7-18(20)25/h5-14,32H,1-4H3,(H,29,31)(H,26,27,28). The van der Waals surface area contributed by atoms with Crippen LogP contribution in [0.3, 0.4) is 0 Å². The van der Waals surface area contributed by atoms with E-state index in [9.17, 15) is 18.7 Å². The van der Waals surface area contributed by atoms with Gasteiger partial charge in [-0.25, -0.2) is 23.5 Å². The zero-order valence-electron chi connectivity index (χ0n) is 18.6. The van der Waals surface area contributed by atoms with Gasteiger partial charge in [0.1, 0.15) is 28.9 Å². The number of benzene rings is 2. The second-order valence-corrected chi connectivity index (χ2v) is 7.82. The Morgan fingerprint density at radius 2 is 1.76 bits per heavy atom. The molecule has 0 radical (unpaired) electrons. The second kappa shape index (κ2) is 9.78. The van der Waals surface area contributed by atoms with Gasteiger partial charge in [0.25, 0.3) is 0 Å². The molecule has 0 bridgehead atoms. The Bertz CT molecular complexity index is 1100. The fraction of sp³-hybridized carbons (Fsp3) is 0.261. The Hall–Kier alpha value is -3.79. The van der Waals surface area contributed by atoms with E-state index in [1.807, 2.05) is 0 Å². The number of ether oxygens (including phenoxy) is 1. The summed E-state index contributed by atoms with van der Waals surface area (Å²) in [5.74, 6) is -0.979. The number of anilines is 4. The highest BCUT2D eigenvalue weighted by atomic mass is 19.1. The van der Waals surface area contributed by atoms with Crippen molar-refractivity contribution in [2.75, 3.05) is 22.6 Å². The van der Waals surface area contributed by atoms with E-state index in [-0.39, 0.29) is 11.8 Å². The number of amides is 2. The maximum Gasteiger partial charge on any atom is 0.332 e. The van der Waals surface area contributed by atoms with Crippen LogP contribution in [0.1, 0.15) is 20.8 Å². The first-order chi connectivity index (χ1) is 15.6. The topological polar surface area (TPSA) is 99.6 Å². The zero-order chi connectivity index (χ0) is 24.2. The molecule has 0 aliphatic heterocycles. The molecule has 3 N–H and O–H groups in total. The number of carbonyl (C=O) groups is 1. The predicted molar refractivity (Wildman–Crippen MR) is 122 cm³/mol. The van der Waals surface area contributed by atoms with Gasteiger partial charge >= 0.3 is 6.03 Å². The summed E-state index contributed by atoms with van der Waals surface area (Å²) >= 11 is 0. The maximum atomic E-state index is 14.1. The van der Waals surface area contributed by atoms with Crippen molar-refractivity contribution >= 4 is 29.2 Å². The molecular weight excluding hydrogens is 432 g/mol. The number of carbonyl (C=O) groups excluding carboxylic acids is 1. The fourth-order valence-corrected chi connectivity index (χ4v) is 2.78.